The second-order valence-corrected chi connectivity index (χ2v) is 5.28. The van der Waals surface area contributed by atoms with Gasteiger partial charge < -0.3 is 15.5 Å². The largest absolute Gasteiger partial charge is 0.473 e. The summed E-state index contributed by atoms with van der Waals surface area (Å²) < 4.78 is 0. The van der Waals surface area contributed by atoms with Crippen molar-refractivity contribution in [3.8, 4) is 0 Å². The number of halogens is 1. The maximum atomic E-state index is 10.6. The lowest BCUT2D eigenvalue weighted by Crippen LogP contribution is -2.09. The monoisotopic (exact) mass is 366 g/mol. The molecule has 0 saturated carbocycles. The zero-order valence-corrected chi connectivity index (χ0v) is 13.9. The maximum absolute atomic E-state index is 10.6. The van der Waals surface area contributed by atoms with Gasteiger partial charge in [0, 0.05) is 29.4 Å². The van der Waals surface area contributed by atoms with Gasteiger partial charge in [-0.3, -0.25) is 10.1 Å². The molecule has 2 aromatic carbocycles. The topological polar surface area (TPSA) is 130 Å². The van der Waals surface area contributed by atoms with Gasteiger partial charge in [-0.2, -0.15) is 0 Å². The lowest BCUT2D eigenvalue weighted by Gasteiger charge is -2.09. The molecule has 0 spiro atoms. The normalized spacial score (nSPS) is 9.52. The van der Waals surface area contributed by atoms with Gasteiger partial charge in [0.05, 0.1) is 4.92 Å². The molecule has 0 heterocycles. The van der Waals surface area contributed by atoms with Crippen molar-refractivity contribution >= 4 is 34.9 Å². The highest BCUT2D eigenvalue weighted by Crippen LogP contribution is 2.21. The molecule has 0 aromatic heterocycles. The molecule has 8 nitrogen and oxygen atoms in total. The van der Waals surface area contributed by atoms with Gasteiger partial charge in [-0.1, -0.05) is 23.7 Å². The molecule has 3 N–H and O–H groups in total. The summed E-state index contributed by atoms with van der Waals surface area (Å²) in [4.78, 5) is 28.5. The van der Waals surface area contributed by atoms with Crippen molar-refractivity contribution < 1.29 is 24.7 Å². The van der Waals surface area contributed by atoms with Crippen molar-refractivity contribution in [2.24, 2.45) is 0 Å². The van der Waals surface area contributed by atoms with Crippen LogP contribution in [0.1, 0.15) is 11.1 Å². The zero-order chi connectivity index (χ0) is 19.0. The fourth-order valence-corrected chi connectivity index (χ4v) is 1.89. The van der Waals surface area contributed by atoms with Crippen LogP contribution in [0.25, 0.3) is 0 Å². The van der Waals surface area contributed by atoms with E-state index in [9.17, 15) is 10.1 Å². The Hall–Kier alpha value is -3.13. The van der Waals surface area contributed by atoms with Crippen molar-refractivity contribution in [1.82, 2.24) is 0 Å². The molecule has 0 bridgehead atoms. The van der Waals surface area contributed by atoms with Crippen LogP contribution in [0.15, 0.2) is 42.5 Å². The van der Waals surface area contributed by atoms with Crippen LogP contribution in [-0.4, -0.2) is 27.1 Å². The average Bonchev–Trinajstić information content (AvgIpc) is 2.55. The Bertz CT molecular complexity index is 765. The van der Waals surface area contributed by atoms with Crippen LogP contribution in [0.3, 0.4) is 0 Å². The third-order valence-electron chi connectivity index (χ3n) is 3.00. The van der Waals surface area contributed by atoms with E-state index in [2.05, 4.69) is 5.32 Å². The SMILES string of the molecule is Cc1cc([N+](=O)[O-])ccc1NCc1ccc(Cl)cc1.O=C(O)C(=O)O. The molecular formula is C16H15ClN2O6. The number of nitrogens with zero attached hydrogens (tertiary/aromatic N) is 1. The lowest BCUT2D eigenvalue weighted by molar-refractivity contribution is -0.384. The van der Waals surface area contributed by atoms with E-state index in [1.54, 1.807) is 12.1 Å². The molecule has 2 aromatic rings. The number of carboxylic acids is 2. The minimum absolute atomic E-state index is 0.106. The van der Waals surface area contributed by atoms with Crippen LogP contribution in [0, 0.1) is 17.0 Å². The van der Waals surface area contributed by atoms with E-state index in [1.165, 1.54) is 6.07 Å². The highest BCUT2D eigenvalue weighted by atomic mass is 35.5. The standard InChI is InChI=1S/C14H13ClN2O2.C2H2O4/c1-10-8-13(17(18)19)6-7-14(10)16-9-11-2-4-12(15)5-3-11;3-1(4)2(5)6/h2-8,16H,9H2,1H3;(H,3,4)(H,5,6). The molecule has 132 valence electrons. The summed E-state index contributed by atoms with van der Waals surface area (Å²) in [6, 6.07) is 12.3. The number of nitro groups is 1. The van der Waals surface area contributed by atoms with Gasteiger partial charge >= 0.3 is 11.9 Å². The summed E-state index contributed by atoms with van der Waals surface area (Å²) >= 11 is 5.82. The predicted molar refractivity (Wildman–Crippen MR) is 91.9 cm³/mol. The Morgan fingerprint density at radius 2 is 1.68 bits per heavy atom. The first kappa shape index (κ1) is 19.9. The van der Waals surface area contributed by atoms with Crippen molar-refractivity contribution in [1.29, 1.82) is 0 Å². The molecular weight excluding hydrogens is 352 g/mol. The van der Waals surface area contributed by atoms with Crippen LogP contribution < -0.4 is 5.32 Å². The first-order valence-electron chi connectivity index (χ1n) is 6.90. The third kappa shape index (κ3) is 6.88. The van der Waals surface area contributed by atoms with Crippen LogP contribution in [0.5, 0.6) is 0 Å². The Morgan fingerprint density at radius 1 is 1.12 bits per heavy atom. The Balaban J connectivity index is 0.000000450. The van der Waals surface area contributed by atoms with Crippen molar-refractivity contribution in [2.75, 3.05) is 5.32 Å². The van der Waals surface area contributed by atoms with Crippen LogP contribution in [0.4, 0.5) is 11.4 Å². The molecule has 25 heavy (non-hydrogen) atoms. The third-order valence-corrected chi connectivity index (χ3v) is 3.25. The minimum Gasteiger partial charge on any atom is -0.473 e. The zero-order valence-electron chi connectivity index (χ0n) is 13.1. The van der Waals surface area contributed by atoms with E-state index >= 15 is 0 Å². The number of carboxylic acid groups (broad SMARTS) is 2. The van der Waals surface area contributed by atoms with Gasteiger partial charge in [0.1, 0.15) is 0 Å². The fraction of sp³-hybridized carbons (Fsp3) is 0.125. The van der Waals surface area contributed by atoms with Crippen molar-refractivity contribution in [2.45, 2.75) is 13.5 Å². The summed E-state index contributed by atoms with van der Waals surface area (Å²) in [6.45, 7) is 2.49. The van der Waals surface area contributed by atoms with Gasteiger partial charge in [-0.05, 0) is 36.2 Å². The number of aryl methyl sites for hydroxylation is 1. The number of non-ortho nitro benzene ring substituents is 1. The van der Waals surface area contributed by atoms with Gasteiger partial charge in [-0.25, -0.2) is 9.59 Å². The smallest absolute Gasteiger partial charge is 0.414 e. The number of hydrogen-bond acceptors (Lipinski definition) is 5. The van der Waals surface area contributed by atoms with E-state index < -0.39 is 16.9 Å². The maximum Gasteiger partial charge on any atom is 0.414 e. The van der Waals surface area contributed by atoms with E-state index in [4.69, 9.17) is 31.4 Å². The van der Waals surface area contributed by atoms with Crippen molar-refractivity contribution in [3.05, 3.63) is 68.7 Å². The highest BCUT2D eigenvalue weighted by Gasteiger charge is 2.07. The predicted octanol–water partition coefficient (Wildman–Crippen LogP) is 3.32. The molecule has 0 aliphatic rings. The summed E-state index contributed by atoms with van der Waals surface area (Å²) in [7, 11) is 0. The Morgan fingerprint density at radius 3 is 2.12 bits per heavy atom. The van der Waals surface area contributed by atoms with Crippen molar-refractivity contribution in [3.63, 3.8) is 0 Å². The number of benzene rings is 2. The number of rotatable bonds is 4. The first-order valence-corrected chi connectivity index (χ1v) is 7.28. The second-order valence-electron chi connectivity index (χ2n) is 4.85. The lowest BCUT2D eigenvalue weighted by atomic mass is 10.1. The summed E-state index contributed by atoms with van der Waals surface area (Å²) in [6.07, 6.45) is 0. The molecule has 0 saturated heterocycles. The molecule has 0 radical (unpaired) electrons. The van der Waals surface area contributed by atoms with E-state index in [-0.39, 0.29) is 5.69 Å². The number of aliphatic carboxylic acids is 2. The fourth-order valence-electron chi connectivity index (χ4n) is 1.76. The highest BCUT2D eigenvalue weighted by molar-refractivity contribution is 6.30. The molecule has 2 rings (SSSR count). The molecule has 0 aliphatic heterocycles. The number of hydrogen-bond donors (Lipinski definition) is 3. The Kier molecular flexibility index (Phi) is 7.36. The summed E-state index contributed by atoms with van der Waals surface area (Å²) in [5.74, 6) is -3.65. The number of nitro benzene ring substituents is 1. The first-order chi connectivity index (χ1) is 11.7. The Labute approximate surface area is 147 Å². The van der Waals surface area contributed by atoms with Gasteiger partial charge in [0.25, 0.3) is 5.69 Å². The minimum atomic E-state index is -1.82. The molecule has 0 aliphatic carbocycles. The van der Waals surface area contributed by atoms with E-state index in [1.807, 2.05) is 31.2 Å². The quantitative estimate of drug-likeness (QED) is 0.429. The van der Waals surface area contributed by atoms with E-state index in [0.29, 0.717) is 11.6 Å². The van der Waals surface area contributed by atoms with Crippen LogP contribution in [-0.2, 0) is 16.1 Å². The second kappa shape index (κ2) is 9.24. The summed E-state index contributed by atoms with van der Waals surface area (Å²) in [5, 5.41) is 29.4. The molecule has 9 heteroatoms. The van der Waals surface area contributed by atoms with Gasteiger partial charge in [0.15, 0.2) is 0 Å². The van der Waals surface area contributed by atoms with Gasteiger partial charge in [0.2, 0.25) is 0 Å². The van der Waals surface area contributed by atoms with Gasteiger partial charge in [-0.15, -0.1) is 0 Å². The number of anilines is 1. The molecule has 0 amide bonds. The van der Waals surface area contributed by atoms with E-state index in [0.717, 1.165) is 16.8 Å². The van der Waals surface area contributed by atoms with Crippen LogP contribution >= 0.6 is 11.6 Å². The molecule has 0 unspecified atom stereocenters. The summed E-state index contributed by atoms with van der Waals surface area (Å²) in [5.41, 5.74) is 2.94. The number of carbonyl (C=O) groups is 2. The molecule has 0 atom stereocenters. The average molecular weight is 367 g/mol. The molecule has 0 fully saturated rings. The number of nitrogens with one attached hydrogen (secondary N) is 1. The van der Waals surface area contributed by atoms with Crippen LogP contribution in [0.2, 0.25) is 5.02 Å².